The normalized spacial score (nSPS) is 13.6. The van der Waals surface area contributed by atoms with Crippen LogP contribution in [0.25, 0.3) is 0 Å². The number of rotatable bonds is 12. The van der Waals surface area contributed by atoms with Crippen LogP contribution in [0.4, 0.5) is 11.8 Å². The molecule has 0 amide bonds. The summed E-state index contributed by atoms with van der Waals surface area (Å²) in [5.41, 5.74) is 0.975. The summed E-state index contributed by atoms with van der Waals surface area (Å²) in [5, 5.41) is 25.0. The molecule has 4 N–H and O–H groups in total. The van der Waals surface area contributed by atoms with E-state index in [0.29, 0.717) is 18.8 Å². The molecule has 0 aliphatic rings. The van der Waals surface area contributed by atoms with Crippen molar-refractivity contribution in [1.29, 1.82) is 0 Å². The summed E-state index contributed by atoms with van der Waals surface area (Å²) >= 11 is 3.46. The van der Waals surface area contributed by atoms with Gasteiger partial charge in [-0.15, -0.1) is 0 Å². The lowest BCUT2D eigenvalue weighted by Crippen LogP contribution is -2.27. The number of hydrogen-bond acceptors (Lipinski definition) is 8. The average Bonchev–Trinajstić information content (AvgIpc) is 2.51. The summed E-state index contributed by atoms with van der Waals surface area (Å²) in [4.78, 5) is 8.90. The van der Waals surface area contributed by atoms with Crippen LogP contribution in [-0.2, 0) is 0 Å². The standard InChI is InChI=1S/C15H28N4O2S2/c1-11-8-16-15(18-13(5-7-21)10-23-3)19-14(11)17-12(4-6-20)9-22-2/h8,12-13,20-21H,4-7,9-10H2,1-3H3,(H2,16,17,18,19)/t12-,13+/m0/s1. The SMILES string of the molecule is CSC[C@@H](CCO)Nc1ncc(C)c(N[C@@H](CCO)CSC)n1. The molecule has 1 aromatic heterocycles. The first-order valence-electron chi connectivity index (χ1n) is 7.70. The lowest BCUT2D eigenvalue weighted by atomic mass is 10.2. The van der Waals surface area contributed by atoms with Crippen LogP contribution in [0.3, 0.4) is 0 Å². The molecule has 0 unspecified atom stereocenters. The number of aryl methyl sites for hydroxylation is 1. The molecular formula is C15H28N4O2S2. The number of nitrogens with one attached hydrogen (secondary N) is 2. The van der Waals surface area contributed by atoms with Gasteiger partial charge in [-0.3, -0.25) is 0 Å². The third-order valence-electron chi connectivity index (χ3n) is 3.34. The van der Waals surface area contributed by atoms with Gasteiger partial charge in [-0.05, 0) is 32.3 Å². The van der Waals surface area contributed by atoms with E-state index >= 15 is 0 Å². The maximum Gasteiger partial charge on any atom is 0.224 e. The highest BCUT2D eigenvalue weighted by atomic mass is 32.2. The van der Waals surface area contributed by atoms with Gasteiger partial charge in [-0.25, -0.2) is 4.98 Å². The molecule has 0 aliphatic heterocycles. The van der Waals surface area contributed by atoms with Gasteiger partial charge in [0.2, 0.25) is 5.95 Å². The van der Waals surface area contributed by atoms with Crippen LogP contribution in [0.15, 0.2) is 6.20 Å². The van der Waals surface area contributed by atoms with Crippen molar-refractivity contribution >= 4 is 35.3 Å². The van der Waals surface area contributed by atoms with Crippen LogP contribution >= 0.6 is 23.5 Å². The number of aliphatic hydroxyl groups is 2. The molecule has 6 nitrogen and oxygen atoms in total. The Hall–Kier alpha value is -0.700. The summed E-state index contributed by atoms with van der Waals surface area (Å²) in [6.07, 6.45) is 7.24. The molecule has 0 saturated heterocycles. The first kappa shape index (κ1) is 20.3. The van der Waals surface area contributed by atoms with Crippen LogP contribution in [0.5, 0.6) is 0 Å². The zero-order chi connectivity index (χ0) is 17.1. The van der Waals surface area contributed by atoms with E-state index in [1.165, 1.54) is 0 Å². The van der Waals surface area contributed by atoms with Crippen molar-refractivity contribution in [3.8, 4) is 0 Å². The number of hydrogen-bond donors (Lipinski definition) is 4. The monoisotopic (exact) mass is 360 g/mol. The highest BCUT2D eigenvalue weighted by Crippen LogP contribution is 2.17. The minimum Gasteiger partial charge on any atom is -0.396 e. The minimum atomic E-state index is 0.140. The van der Waals surface area contributed by atoms with Gasteiger partial charge in [0.15, 0.2) is 0 Å². The number of aliphatic hydroxyl groups excluding tert-OH is 2. The molecule has 0 spiro atoms. The molecule has 23 heavy (non-hydrogen) atoms. The fourth-order valence-corrected chi connectivity index (χ4v) is 3.45. The highest BCUT2D eigenvalue weighted by Gasteiger charge is 2.13. The van der Waals surface area contributed by atoms with Crippen LogP contribution < -0.4 is 10.6 Å². The van der Waals surface area contributed by atoms with Crippen molar-refractivity contribution in [1.82, 2.24) is 9.97 Å². The van der Waals surface area contributed by atoms with Gasteiger partial charge in [0.1, 0.15) is 5.82 Å². The summed E-state index contributed by atoms with van der Waals surface area (Å²) in [5.74, 6) is 3.16. The molecule has 8 heteroatoms. The Morgan fingerprint density at radius 3 is 2.13 bits per heavy atom. The Morgan fingerprint density at radius 2 is 1.61 bits per heavy atom. The van der Waals surface area contributed by atoms with Crippen LogP contribution in [0.1, 0.15) is 18.4 Å². The lowest BCUT2D eigenvalue weighted by molar-refractivity contribution is 0.282. The summed E-state index contributed by atoms with van der Waals surface area (Å²) in [7, 11) is 0. The molecule has 0 bridgehead atoms. The van der Waals surface area contributed by atoms with Gasteiger partial charge in [0.25, 0.3) is 0 Å². The fraction of sp³-hybridized carbons (Fsp3) is 0.733. The molecule has 1 aromatic rings. The summed E-state index contributed by atoms with van der Waals surface area (Å²) < 4.78 is 0. The van der Waals surface area contributed by atoms with Crippen molar-refractivity contribution < 1.29 is 10.2 Å². The Labute approximate surface area is 147 Å². The molecule has 0 radical (unpaired) electrons. The molecule has 0 saturated carbocycles. The van der Waals surface area contributed by atoms with Gasteiger partial charge in [-0.2, -0.15) is 28.5 Å². The third-order valence-corrected chi connectivity index (χ3v) is 4.81. The number of nitrogens with zero attached hydrogens (tertiary/aromatic N) is 2. The number of thioether (sulfide) groups is 2. The Bertz CT molecular complexity index is 439. The first-order valence-corrected chi connectivity index (χ1v) is 10.5. The van der Waals surface area contributed by atoms with E-state index in [-0.39, 0.29) is 25.3 Å². The maximum absolute atomic E-state index is 9.18. The van der Waals surface area contributed by atoms with Gasteiger partial charge in [0, 0.05) is 48.6 Å². The third kappa shape index (κ3) is 7.60. The van der Waals surface area contributed by atoms with Crippen molar-refractivity contribution in [3.63, 3.8) is 0 Å². The fourth-order valence-electron chi connectivity index (χ4n) is 2.14. The molecule has 1 heterocycles. The molecule has 0 aromatic carbocycles. The van der Waals surface area contributed by atoms with E-state index < -0.39 is 0 Å². The second-order valence-corrected chi connectivity index (χ2v) is 7.16. The van der Waals surface area contributed by atoms with Crippen LogP contribution in [-0.4, -0.2) is 69.5 Å². The summed E-state index contributed by atoms with van der Waals surface area (Å²) in [6, 6.07) is 0.320. The van der Waals surface area contributed by atoms with E-state index in [2.05, 4.69) is 20.6 Å². The van der Waals surface area contributed by atoms with Crippen LogP contribution in [0.2, 0.25) is 0 Å². The highest BCUT2D eigenvalue weighted by molar-refractivity contribution is 7.98. The lowest BCUT2D eigenvalue weighted by Gasteiger charge is -2.20. The smallest absolute Gasteiger partial charge is 0.224 e. The second kappa shape index (κ2) is 11.8. The Kier molecular flexibility index (Phi) is 10.4. The van der Waals surface area contributed by atoms with Crippen molar-refractivity contribution in [2.24, 2.45) is 0 Å². The number of aromatic nitrogens is 2. The predicted octanol–water partition coefficient (Wildman–Crippen LogP) is 1.84. The molecule has 132 valence electrons. The van der Waals surface area contributed by atoms with Gasteiger partial charge >= 0.3 is 0 Å². The van der Waals surface area contributed by atoms with Gasteiger partial charge in [-0.1, -0.05) is 0 Å². The van der Waals surface area contributed by atoms with Gasteiger partial charge in [0.05, 0.1) is 0 Å². The van der Waals surface area contributed by atoms with E-state index in [9.17, 15) is 5.11 Å². The Balaban J connectivity index is 2.80. The van der Waals surface area contributed by atoms with Crippen molar-refractivity contribution in [3.05, 3.63) is 11.8 Å². The molecule has 0 fully saturated rings. The van der Waals surface area contributed by atoms with Crippen molar-refractivity contribution in [2.45, 2.75) is 31.8 Å². The van der Waals surface area contributed by atoms with E-state index in [1.807, 2.05) is 19.4 Å². The van der Waals surface area contributed by atoms with Crippen LogP contribution in [0, 0.1) is 6.92 Å². The largest absolute Gasteiger partial charge is 0.396 e. The van der Waals surface area contributed by atoms with E-state index in [0.717, 1.165) is 22.9 Å². The maximum atomic E-state index is 9.18. The summed E-state index contributed by atoms with van der Waals surface area (Å²) in [6.45, 7) is 2.26. The van der Waals surface area contributed by atoms with Crippen molar-refractivity contribution in [2.75, 3.05) is 47.9 Å². The zero-order valence-electron chi connectivity index (χ0n) is 14.1. The van der Waals surface area contributed by atoms with Gasteiger partial charge < -0.3 is 20.8 Å². The molecular weight excluding hydrogens is 332 g/mol. The molecule has 0 aliphatic carbocycles. The first-order chi connectivity index (χ1) is 11.1. The molecule has 2 atom stereocenters. The second-order valence-electron chi connectivity index (χ2n) is 5.34. The minimum absolute atomic E-state index is 0.140. The predicted molar refractivity (Wildman–Crippen MR) is 102 cm³/mol. The number of anilines is 2. The topological polar surface area (TPSA) is 90.3 Å². The van der Waals surface area contributed by atoms with E-state index in [4.69, 9.17) is 5.11 Å². The average molecular weight is 361 g/mol. The quantitative estimate of drug-likeness (QED) is 0.449. The Morgan fingerprint density at radius 1 is 1.04 bits per heavy atom. The van der Waals surface area contributed by atoms with E-state index in [1.54, 1.807) is 29.7 Å². The zero-order valence-corrected chi connectivity index (χ0v) is 15.7. The molecule has 1 rings (SSSR count).